The van der Waals surface area contributed by atoms with Crippen LogP contribution in [-0.4, -0.2) is 26.9 Å². The molecule has 0 saturated carbocycles. The molecule has 3 aromatic heterocycles. The van der Waals surface area contributed by atoms with Crippen molar-refractivity contribution in [3.8, 4) is 11.5 Å². The minimum Gasteiger partial charge on any atom is -0.460 e. The predicted octanol–water partition coefficient (Wildman–Crippen LogP) is 4.94. The molecule has 0 bridgehead atoms. The Morgan fingerprint density at radius 1 is 1.21 bits per heavy atom. The molecule has 4 rings (SSSR count). The van der Waals surface area contributed by atoms with Gasteiger partial charge in [-0.2, -0.15) is 13.2 Å². The third kappa shape index (κ3) is 3.22. The number of pyridine rings is 1. The van der Waals surface area contributed by atoms with E-state index in [2.05, 4.69) is 4.98 Å². The van der Waals surface area contributed by atoms with Crippen molar-refractivity contribution in [1.29, 1.82) is 0 Å². The normalized spacial score (nSPS) is 13.5. The van der Waals surface area contributed by atoms with Crippen molar-refractivity contribution in [2.24, 2.45) is 0 Å². The highest BCUT2D eigenvalue weighted by Crippen LogP contribution is 2.40. The lowest BCUT2D eigenvalue weighted by Crippen LogP contribution is -2.32. The molecule has 0 aliphatic heterocycles. The molecular weight excluding hydrogens is 409 g/mol. The maximum Gasteiger partial charge on any atom is 0.416 e. The van der Waals surface area contributed by atoms with Gasteiger partial charge in [0.05, 0.1) is 22.8 Å². The lowest BCUT2D eigenvalue weighted by Gasteiger charge is -2.18. The van der Waals surface area contributed by atoms with E-state index in [0.29, 0.717) is 44.6 Å². The van der Waals surface area contributed by atoms with E-state index < -0.39 is 18.8 Å². The highest BCUT2D eigenvalue weighted by atomic mass is 35.5. The third-order valence-electron chi connectivity index (χ3n) is 4.94. The minimum atomic E-state index is -4.78. The van der Waals surface area contributed by atoms with Crippen molar-refractivity contribution in [1.82, 2.24) is 9.55 Å². The van der Waals surface area contributed by atoms with E-state index in [-0.39, 0.29) is 10.6 Å². The standard InChI is InChI=1S/C20H16ClF3N2O3/c1-9-3-6-14(29-9)19-10(2)17-13(26(19)8-15(27)20(22,23)24)5-4-12-18(17)11(21)7-16(28)25-12/h3-7,15,27H,8H2,1-2H3,(H,25,28)/t15-/m1/s1. The summed E-state index contributed by atoms with van der Waals surface area (Å²) in [5.41, 5.74) is 1.56. The van der Waals surface area contributed by atoms with Crippen LogP contribution in [0.3, 0.4) is 0 Å². The first-order chi connectivity index (χ1) is 13.6. The van der Waals surface area contributed by atoms with Crippen molar-refractivity contribution in [3.63, 3.8) is 0 Å². The quantitative estimate of drug-likeness (QED) is 0.489. The minimum absolute atomic E-state index is 0.188. The Bertz CT molecular complexity index is 1300. The fourth-order valence-corrected chi connectivity index (χ4v) is 3.99. The van der Waals surface area contributed by atoms with Crippen LogP contribution in [0.4, 0.5) is 13.2 Å². The Morgan fingerprint density at radius 3 is 2.55 bits per heavy atom. The molecule has 0 fully saturated rings. The predicted molar refractivity (Wildman–Crippen MR) is 104 cm³/mol. The molecule has 0 amide bonds. The van der Waals surface area contributed by atoms with E-state index in [9.17, 15) is 23.1 Å². The van der Waals surface area contributed by atoms with Crippen LogP contribution in [0.25, 0.3) is 33.3 Å². The number of hydrogen-bond acceptors (Lipinski definition) is 3. The molecule has 5 nitrogen and oxygen atoms in total. The number of aromatic nitrogens is 2. The van der Waals surface area contributed by atoms with Crippen LogP contribution < -0.4 is 5.56 Å². The summed E-state index contributed by atoms with van der Waals surface area (Å²) >= 11 is 6.32. The van der Waals surface area contributed by atoms with Gasteiger partial charge in [0.2, 0.25) is 5.56 Å². The molecule has 0 spiro atoms. The topological polar surface area (TPSA) is 71.2 Å². The van der Waals surface area contributed by atoms with E-state index >= 15 is 0 Å². The van der Waals surface area contributed by atoms with Crippen molar-refractivity contribution >= 4 is 33.4 Å². The number of fused-ring (bicyclic) bond motifs is 3. The summed E-state index contributed by atoms with van der Waals surface area (Å²) in [5.74, 6) is 0.971. The number of aromatic amines is 1. The molecule has 1 aromatic carbocycles. The fraction of sp³-hybridized carbons (Fsp3) is 0.250. The number of halogens is 4. The van der Waals surface area contributed by atoms with Crippen molar-refractivity contribution < 1.29 is 22.7 Å². The van der Waals surface area contributed by atoms with Crippen LogP contribution >= 0.6 is 11.6 Å². The molecule has 0 radical (unpaired) electrons. The van der Waals surface area contributed by atoms with Crippen LogP contribution in [-0.2, 0) is 6.54 Å². The van der Waals surface area contributed by atoms with Crippen LogP contribution in [0.1, 0.15) is 11.3 Å². The number of aliphatic hydroxyl groups excluding tert-OH is 1. The number of alkyl halides is 3. The Morgan fingerprint density at radius 2 is 1.93 bits per heavy atom. The smallest absolute Gasteiger partial charge is 0.416 e. The van der Waals surface area contributed by atoms with Crippen LogP contribution in [0.15, 0.2) is 39.5 Å². The lowest BCUT2D eigenvalue weighted by molar-refractivity contribution is -0.207. The lowest BCUT2D eigenvalue weighted by atomic mass is 10.1. The molecule has 0 unspecified atom stereocenters. The van der Waals surface area contributed by atoms with Crippen molar-refractivity contribution in [3.05, 3.63) is 57.0 Å². The molecule has 0 aliphatic carbocycles. The van der Waals surface area contributed by atoms with Gasteiger partial charge in [-0.3, -0.25) is 4.79 Å². The molecule has 0 aliphatic rings. The molecular formula is C20H16ClF3N2O3. The highest BCUT2D eigenvalue weighted by Gasteiger charge is 2.39. The van der Waals surface area contributed by atoms with E-state index in [1.807, 2.05) is 0 Å². The van der Waals surface area contributed by atoms with Gasteiger partial charge in [-0.15, -0.1) is 0 Å². The van der Waals surface area contributed by atoms with Crippen LogP contribution in [0, 0.1) is 13.8 Å². The average Bonchev–Trinajstić information content (AvgIpc) is 3.15. The van der Waals surface area contributed by atoms with Gasteiger partial charge in [0.25, 0.3) is 0 Å². The van der Waals surface area contributed by atoms with Crippen molar-refractivity contribution in [2.75, 3.05) is 0 Å². The molecule has 2 N–H and O–H groups in total. The second kappa shape index (κ2) is 6.67. The molecule has 152 valence electrons. The van der Waals surface area contributed by atoms with Gasteiger partial charge in [-0.25, -0.2) is 0 Å². The zero-order valence-corrected chi connectivity index (χ0v) is 16.1. The molecule has 0 saturated heterocycles. The van der Waals surface area contributed by atoms with Gasteiger partial charge >= 0.3 is 6.18 Å². The van der Waals surface area contributed by atoms with Gasteiger partial charge < -0.3 is 19.1 Å². The number of H-pyrrole nitrogens is 1. The van der Waals surface area contributed by atoms with E-state index in [4.69, 9.17) is 16.0 Å². The largest absolute Gasteiger partial charge is 0.460 e. The maximum atomic E-state index is 13.1. The fourth-order valence-electron chi connectivity index (χ4n) is 3.69. The van der Waals surface area contributed by atoms with Gasteiger partial charge in [0, 0.05) is 22.4 Å². The van der Waals surface area contributed by atoms with Gasteiger partial charge in [0.15, 0.2) is 11.9 Å². The Hall–Kier alpha value is -2.71. The molecule has 1 atom stereocenters. The monoisotopic (exact) mass is 424 g/mol. The number of nitrogens with zero attached hydrogens (tertiary/aromatic N) is 1. The summed E-state index contributed by atoms with van der Waals surface area (Å²) < 4.78 is 46.3. The number of aryl methyl sites for hydroxylation is 2. The average molecular weight is 425 g/mol. The zero-order chi connectivity index (χ0) is 21.1. The molecule has 3 heterocycles. The zero-order valence-electron chi connectivity index (χ0n) is 15.4. The Labute approximate surface area is 167 Å². The summed E-state index contributed by atoms with van der Waals surface area (Å²) in [7, 11) is 0. The van der Waals surface area contributed by atoms with Gasteiger partial charge in [-0.1, -0.05) is 11.6 Å². The summed E-state index contributed by atoms with van der Waals surface area (Å²) in [6.45, 7) is 2.76. The second-order valence-corrected chi connectivity index (χ2v) is 7.32. The van der Waals surface area contributed by atoms with Gasteiger partial charge in [-0.05, 0) is 43.7 Å². The first kappa shape index (κ1) is 19.6. The second-order valence-electron chi connectivity index (χ2n) is 6.92. The first-order valence-corrected chi connectivity index (χ1v) is 9.11. The number of furan rings is 1. The van der Waals surface area contributed by atoms with Gasteiger partial charge in [0.1, 0.15) is 5.76 Å². The summed E-state index contributed by atoms with van der Waals surface area (Å²) in [6.07, 6.45) is -7.34. The maximum absolute atomic E-state index is 13.1. The van der Waals surface area contributed by atoms with Crippen LogP contribution in [0.5, 0.6) is 0 Å². The first-order valence-electron chi connectivity index (χ1n) is 8.74. The van der Waals surface area contributed by atoms with E-state index in [1.165, 1.54) is 10.6 Å². The molecule has 9 heteroatoms. The van der Waals surface area contributed by atoms with E-state index in [1.54, 1.807) is 38.1 Å². The Balaban J connectivity index is 2.11. The summed E-state index contributed by atoms with van der Waals surface area (Å²) in [4.78, 5) is 14.4. The number of hydrogen-bond donors (Lipinski definition) is 2. The highest BCUT2D eigenvalue weighted by molar-refractivity contribution is 6.37. The van der Waals surface area contributed by atoms with Crippen LogP contribution in [0.2, 0.25) is 5.02 Å². The third-order valence-corrected chi connectivity index (χ3v) is 5.23. The number of nitrogens with one attached hydrogen (secondary N) is 1. The molecule has 4 aromatic rings. The summed E-state index contributed by atoms with van der Waals surface area (Å²) in [5, 5.41) is 11.0. The summed E-state index contributed by atoms with van der Waals surface area (Å²) in [6, 6.07) is 7.77. The number of rotatable bonds is 3. The number of benzene rings is 1. The van der Waals surface area contributed by atoms with Crippen molar-refractivity contribution in [2.45, 2.75) is 32.7 Å². The number of aliphatic hydroxyl groups is 1. The van der Waals surface area contributed by atoms with E-state index in [0.717, 1.165) is 0 Å². The molecule has 29 heavy (non-hydrogen) atoms. The SMILES string of the molecule is Cc1ccc(-c2c(C)c3c4c(Cl)cc(=O)[nH]c4ccc3n2C[C@@H](O)C(F)(F)F)o1. The Kier molecular flexibility index (Phi) is 4.51.